The summed E-state index contributed by atoms with van der Waals surface area (Å²) in [5, 5.41) is 0. The minimum Gasteiger partial charge on any atom is -0.466 e. The summed E-state index contributed by atoms with van der Waals surface area (Å²) in [6.07, 6.45) is 1.90. The molecule has 2 fully saturated rings. The molecule has 1 aromatic heterocycles. The average molecular weight is 293 g/mol. The van der Waals surface area contributed by atoms with E-state index in [1.54, 1.807) is 0 Å². The van der Waals surface area contributed by atoms with Crippen molar-refractivity contribution < 1.29 is 18.7 Å². The first-order chi connectivity index (χ1) is 10.1. The topological polar surface area (TPSA) is 51.9 Å². The molecule has 21 heavy (non-hydrogen) atoms. The molecule has 0 saturated carbocycles. The zero-order chi connectivity index (χ0) is 15.0. The normalized spacial score (nSPS) is 23.8. The van der Waals surface area contributed by atoms with Crippen LogP contribution in [0.3, 0.4) is 0 Å². The lowest BCUT2D eigenvalue weighted by atomic mass is 9.96. The second-order valence-corrected chi connectivity index (χ2v) is 5.98. The highest BCUT2D eigenvalue weighted by molar-refractivity contribution is 5.97. The number of amides is 1. The van der Waals surface area contributed by atoms with E-state index in [2.05, 4.69) is 0 Å². The van der Waals surface area contributed by atoms with E-state index >= 15 is 0 Å². The Morgan fingerprint density at radius 3 is 2.48 bits per heavy atom. The molecule has 3 heterocycles. The van der Waals surface area contributed by atoms with Crippen LogP contribution in [0.25, 0.3) is 0 Å². The predicted octanol–water partition coefficient (Wildman–Crippen LogP) is 2.43. The number of hydrogen-bond acceptors (Lipinski definition) is 4. The number of likely N-dealkylation sites (tertiary alicyclic amines) is 1. The van der Waals surface area contributed by atoms with E-state index in [1.807, 2.05) is 25.7 Å². The molecule has 5 nitrogen and oxygen atoms in total. The molecule has 2 saturated heterocycles. The molecule has 0 spiro atoms. The van der Waals surface area contributed by atoms with Gasteiger partial charge in [0, 0.05) is 24.6 Å². The fourth-order valence-electron chi connectivity index (χ4n) is 3.33. The maximum Gasteiger partial charge on any atom is 0.257 e. The second-order valence-electron chi connectivity index (χ2n) is 5.98. The Morgan fingerprint density at radius 2 is 1.86 bits per heavy atom. The number of hydrogen-bond donors (Lipinski definition) is 0. The summed E-state index contributed by atoms with van der Waals surface area (Å²) in [5.74, 6) is 1.89. The van der Waals surface area contributed by atoms with Crippen LogP contribution in [0.1, 0.15) is 40.3 Å². The zero-order valence-corrected chi connectivity index (χ0v) is 13.0. The molecule has 1 unspecified atom stereocenters. The monoisotopic (exact) mass is 293 g/mol. The molecule has 2 aliphatic heterocycles. The number of aryl methyl sites for hydroxylation is 2. The van der Waals surface area contributed by atoms with Crippen molar-refractivity contribution in [3.8, 4) is 0 Å². The molecule has 0 aromatic carbocycles. The van der Waals surface area contributed by atoms with Crippen molar-refractivity contribution in [2.75, 3.05) is 26.3 Å². The van der Waals surface area contributed by atoms with Crippen LogP contribution in [0.15, 0.2) is 4.42 Å². The van der Waals surface area contributed by atoms with Gasteiger partial charge in [-0.3, -0.25) is 4.79 Å². The summed E-state index contributed by atoms with van der Waals surface area (Å²) in [4.78, 5) is 14.7. The first kappa shape index (κ1) is 14.6. The van der Waals surface area contributed by atoms with Crippen LogP contribution in [0.5, 0.6) is 0 Å². The van der Waals surface area contributed by atoms with Gasteiger partial charge in [-0.05, 0) is 33.6 Å². The van der Waals surface area contributed by atoms with Gasteiger partial charge in [-0.2, -0.15) is 0 Å². The molecular formula is C16H23NO4. The van der Waals surface area contributed by atoms with Gasteiger partial charge in [0.1, 0.15) is 11.5 Å². The van der Waals surface area contributed by atoms with Gasteiger partial charge in [0.25, 0.3) is 5.91 Å². The molecule has 3 rings (SSSR count). The summed E-state index contributed by atoms with van der Waals surface area (Å²) in [5.41, 5.74) is 1.68. The van der Waals surface area contributed by atoms with Crippen LogP contribution < -0.4 is 0 Å². The van der Waals surface area contributed by atoms with Crippen LogP contribution in [0.2, 0.25) is 0 Å². The van der Waals surface area contributed by atoms with Gasteiger partial charge in [-0.15, -0.1) is 0 Å². The van der Waals surface area contributed by atoms with Crippen molar-refractivity contribution in [2.24, 2.45) is 5.92 Å². The molecule has 1 aromatic rings. The molecule has 0 radical (unpaired) electrons. The number of carbonyl (C=O) groups is 1. The number of carbonyl (C=O) groups excluding carboxylic acids is 1. The van der Waals surface area contributed by atoms with E-state index in [4.69, 9.17) is 13.9 Å². The smallest absolute Gasteiger partial charge is 0.257 e. The molecule has 1 atom stereocenters. The molecule has 5 heteroatoms. The van der Waals surface area contributed by atoms with Crippen LogP contribution >= 0.6 is 0 Å². The summed E-state index contributed by atoms with van der Waals surface area (Å²) in [6, 6.07) is 0. The van der Waals surface area contributed by atoms with E-state index < -0.39 is 0 Å². The summed E-state index contributed by atoms with van der Waals surface area (Å²) in [6.45, 7) is 8.53. The third kappa shape index (κ3) is 2.72. The standard InChI is InChI=1S/C16H23NO4/c1-10-11(2)21-12(3)14(10)15(18)17-6-4-5-13(9-17)16-19-7-8-20-16/h13,16H,4-9H2,1-3H3. The molecule has 1 amide bonds. The Hall–Kier alpha value is -1.33. The van der Waals surface area contributed by atoms with Crippen LogP contribution in [-0.2, 0) is 9.47 Å². The maximum atomic E-state index is 12.8. The van der Waals surface area contributed by atoms with E-state index in [-0.39, 0.29) is 18.1 Å². The minimum atomic E-state index is -0.145. The van der Waals surface area contributed by atoms with Crippen LogP contribution in [0, 0.1) is 26.7 Å². The van der Waals surface area contributed by atoms with Gasteiger partial charge in [0.05, 0.1) is 18.8 Å². The van der Waals surface area contributed by atoms with Crippen molar-refractivity contribution >= 4 is 5.91 Å². The summed E-state index contributed by atoms with van der Waals surface area (Å²) < 4.78 is 16.8. The number of ether oxygens (including phenoxy) is 2. The van der Waals surface area contributed by atoms with Gasteiger partial charge in [-0.25, -0.2) is 0 Å². The molecule has 0 aliphatic carbocycles. The van der Waals surface area contributed by atoms with E-state index in [9.17, 15) is 4.79 Å². The van der Waals surface area contributed by atoms with Gasteiger partial charge >= 0.3 is 0 Å². The van der Waals surface area contributed by atoms with Gasteiger partial charge < -0.3 is 18.8 Å². The SMILES string of the molecule is Cc1oc(C)c(C(=O)N2CCCC(C3OCCO3)C2)c1C. The third-order valence-corrected chi connectivity index (χ3v) is 4.55. The van der Waals surface area contributed by atoms with Gasteiger partial charge in [-0.1, -0.05) is 0 Å². The first-order valence-corrected chi connectivity index (χ1v) is 7.67. The fourth-order valence-corrected chi connectivity index (χ4v) is 3.33. The lowest BCUT2D eigenvalue weighted by Gasteiger charge is -2.34. The predicted molar refractivity (Wildman–Crippen MR) is 77.2 cm³/mol. The van der Waals surface area contributed by atoms with E-state index in [0.717, 1.165) is 36.3 Å². The number of furan rings is 1. The van der Waals surface area contributed by atoms with Crippen molar-refractivity contribution in [3.05, 3.63) is 22.6 Å². The zero-order valence-electron chi connectivity index (χ0n) is 13.0. The Morgan fingerprint density at radius 1 is 1.14 bits per heavy atom. The summed E-state index contributed by atoms with van der Waals surface area (Å²) in [7, 11) is 0. The van der Waals surface area contributed by atoms with E-state index in [1.165, 1.54) is 0 Å². The van der Waals surface area contributed by atoms with Gasteiger partial charge in [0.15, 0.2) is 6.29 Å². The van der Waals surface area contributed by atoms with Crippen molar-refractivity contribution in [3.63, 3.8) is 0 Å². The molecule has 116 valence electrons. The maximum absolute atomic E-state index is 12.8. The largest absolute Gasteiger partial charge is 0.466 e. The quantitative estimate of drug-likeness (QED) is 0.840. The van der Waals surface area contributed by atoms with E-state index in [0.29, 0.717) is 25.5 Å². The highest BCUT2D eigenvalue weighted by Gasteiger charge is 2.34. The summed E-state index contributed by atoms with van der Waals surface area (Å²) >= 11 is 0. The van der Waals surface area contributed by atoms with Crippen molar-refractivity contribution in [1.82, 2.24) is 4.90 Å². The average Bonchev–Trinajstić information content (AvgIpc) is 3.08. The Kier molecular flexibility index (Phi) is 4.04. The highest BCUT2D eigenvalue weighted by atomic mass is 16.7. The first-order valence-electron chi connectivity index (χ1n) is 7.67. The minimum absolute atomic E-state index is 0.0737. The Bertz CT molecular complexity index is 531. The molecular weight excluding hydrogens is 270 g/mol. The number of nitrogens with zero attached hydrogens (tertiary/aromatic N) is 1. The Balaban J connectivity index is 1.74. The lowest BCUT2D eigenvalue weighted by molar-refractivity contribution is -0.0969. The highest BCUT2D eigenvalue weighted by Crippen LogP contribution is 2.28. The number of piperidine rings is 1. The Labute approximate surface area is 125 Å². The fraction of sp³-hybridized carbons (Fsp3) is 0.688. The molecule has 2 aliphatic rings. The molecule has 0 bridgehead atoms. The second kappa shape index (κ2) is 5.81. The van der Waals surface area contributed by atoms with Crippen LogP contribution in [0.4, 0.5) is 0 Å². The van der Waals surface area contributed by atoms with Gasteiger partial charge in [0.2, 0.25) is 0 Å². The van der Waals surface area contributed by atoms with Crippen molar-refractivity contribution in [2.45, 2.75) is 39.9 Å². The molecule has 0 N–H and O–H groups in total. The number of rotatable bonds is 2. The van der Waals surface area contributed by atoms with Crippen molar-refractivity contribution in [1.29, 1.82) is 0 Å². The van der Waals surface area contributed by atoms with Crippen LogP contribution in [-0.4, -0.2) is 43.4 Å². The lowest BCUT2D eigenvalue weighted by Crippen LogP contribution is -2.44. The third-order valence-electron chi connectivity index (χ3n) is 4.55.